The number of esters is 1. The number of rotatable bonds is 7. The van der Waals surface area contributed by atoms with E-state index >= 15 is 0 Å². The van der Waals surface area contributed by atoms with Gasteiger partial charge in [0.15, 0.2) is 0 Å². The van der Waals surface area contributed by atoms with Gasteiger partial charge in [-0.05, 0) is 25.1 Å². The summed E-state index contributed by atoms with van der Waals surface area (Å²) < 4.78 is 10.0. The van der Waals surface area contributed by atoms with Crippen LogP contribution in [0.25, 0.3) is 0 Å². The Labute approximate surface area is 108 Å². The third kappa shape index (κ3) is 4.47. The Hall–Kier alpha value is -1.39. The molecule has 0 aromatic heterocycles. The molecule has 0 fully saturated rings. The van der Waals surface area contributed by atoms with Crippen LogP contribution in [0.5, 0.6) is 0 Å². The van der Waals surface area contributed by atoms with E-state index < -0.39 is 0 Å². The van der Waals surface area contributed by atoms with E-state index in [1.54, 1.807) is 7.11 Å². The van der Waals surface area contributed by atoms with Crippen molar-refractivity contribution in [2.75, 3.05) is 20.8 Å². The van der Waals surface area contributed by atoms with Crippen LogP contribution in [-0.2, 0) is 20.9 Å². The smallest absolute Gasteiger partial charge is 0.307 e. The number of carbonyl (C=O) groups excluding carboxylic acids is 1. The zero-order chi connectivity index (χ0) is 13.4. The van der Waals surface area contributed by atoms with Crippen LogP contribution in [0.15, 0.2) is 24.3 Å². The molecule has 0 bridgehead atoms. The van der Waals surface area contributed by atoms with Gasteiger partial charge in [0.25, 0.3) is 0 Å². The van der Waals surface area contributed by atoms with Crippen molar-refractivity contribution in [2.24, 2.45) is 0 Å². The number of carbonyl (C=O) groups is 1. The average Bonchev–Trinajstić information content (AvgIpc) is 2.38. The highest BCUT2D eigenvalue weighted by Crippen LogP contribution is 2.18. The summed E-state index contributed by atoms with van der Waals surface area (Å²) in [6.45, 7) is 2.83. The van der Waals surface area contributed by atoms with E-state index in [0.717, 1.165) is 11.1 Å². The normalized spacial score (nSPS) is 12.2. The quantitative estimate of drug-likeness (QED) is 0.753. The molecule has 0 radical (unpaired) electrons. The van der Waals surface area contributed by atoms with Gasteiger partial charge in [-0.3, -0.25) is 4.79 Å². The predicted molar refractivity (Wildman–Crippen MR) is 70.2 cm³/mol. The fourth-order valence-corrected chi connectivity index (χ4v) is 1.79. The topological polar surface area (TPSA) is 47.6 Å². The Balaban J connectivity index is 2.66. The molecule has 0 spiro atoms. The lowest BCUT2D eigenvalue weighted by Crippen LogP contribution is -2.21. The lowest BCUT2D eigenvalue weighted by molar-refractivity contribution is -0.143. The molecule has 1 unspecified atom stereocenters. The largest absolute Gasteiger partial charge is 0.466 e. The summed E-state index contributed by atoms with van der Waals surface area (Å²) >= 11 is 0. The Kier molecular flexibility index (Phi) is 6.39. The van der Waals surface area contributed by atoms with Gasteiger partial charge in [-0.1, -0.05) is 24.3 Å². The molecule has 1 N–H and O–H groups in total. The molecule has 1 rings (SSSR count). The third-order valence-electron chi connectivity index (χ3n) is 2.72. The lowest BCUT2D eigenvalue weighted by Gasteiger charge is -2.16. The fraction of sp³-hybridized carbons (Fsp3) is 0.500. The molecule has 0 amide bonds. The molecule has 100 valence electrons. The zero-order valence-corrected chi connectivity index (χ0v) is 11.2. The highest BCUT2D eigenvalue weighted by atomic mass is 16.5. The van der Waals surface area contributed by atoms with E-state index in [2.05, 4.69) is 5.32 Å². The van der Waals surface area contributed by atoms with E-state index in [4.69, 9.17) is 9.47 Å². The van der Waals surface area contributed by atoms with Gasteiger partial charge in [-0.25, -0.2) is 0 Å². The molecule has 4 nitrogen and oxygen atoms in total. The van der Waals surface area contributed by atoms with E-state index in [0.29, 0.717) is 19.6 Å². The Morgan fingerprint density at radius 2 is 2.00 bits per heavy atom. The van der Waals surface area contributed by atoms with E-state index in [1.807, 2.05) is 38.2 Å². The summed E-state index contributed by atoms with van der Waals surface area (Å²) in [4.78, 5) is 11.5. The van der Waals surface area contributed by atoms with Gasteiger partial charge in [-0.15, -0.1) is 0 Å². The number of benzene rings is 1. The summed E-state index contributed by atoms with van der Waals surface area (Å²) in [5.41, 5.74) is 2.19. The minimum Gasteiger partial charge on any atom is -0.466 e. The highest BCUT2D eigenvalue weighted by Gasteiger charge is 2.14. The van der Waals surface area contributed by atoms with Crippen LogP contribution in [0.2, 0.25) is 0 Å². The monoisotopic (exact) mass is 251 g/mol. The molecule has 0 saturated heterocycles. The van der Waals surface area contributed by atoms with Crippen LogP contribution in [-0.4, -0.2) is 26.7 Å². The molecule has 0 aliphatic heterocycles. The Morgan fingerprint density at radius 1 is 1.33 bits per heavy atom. The van der Waals surface area contributed by atoms with Gasteiger partial charge < -0.3 is 14.8 Å². The van der Waals surface area contributed by atoms with Crippen LogP contribution in [0.3, 0.4) is 0 Å². The molecule has 0 aliphatic carbocycles. The molecule has 4 heteroatoms. The maximum absolute atomic E-state index is 11.5. The minimum absolute atomic E-state index is 0.0133. The van der Waals surface area contributed by atoms with E-state index in [9.17, 15) is 4.79 Å². The second-order valence-corrected chi connectivity index (χ2v) is 4.03. The predicted octanol–water partition coefficient (Wildman–Crippen LogP) is 2.05. The Morgan fingerprint density at radius 3 is 2.50 bits per heavy atom. The fourth-order valence-electron chi connectivity index (χ4n) is 1.79. The van der Waals surface area contributed by atoms with Crippen molar-refractivity contribution in [1.29, 1.82) is 0 Å². The molecule has 1 atom stereocenters. The van der Waals surface area contributed by atoms with Gasteiger partial charge in [0.2, 0.25) is 0 Å². The van der Waals surface area contributed by atoms with Gasteiger partial charge >= 0.3 is 5.97 Å². The van der Waals surface area contributed by atoms with Crippen LogP contribution >= 0.6 is 0 Å². The number of nitrogens with one attached hydrogen (secondary N) is 1. The van der Waals surface area contributed by atoms with E-state index in [-0.39, 0.29) is 12.0 Å². The summed E-state index contributed by atoms with van der Waals surface area (Å²) in [6, 6.07) is 8.02. The second kappa shape index (κ2) is 7.84. The molecule has 0 heterocycles. The van der Waals surface area contributed by atoms with Crippen LogP contribution in [0.4, 0.5) is 0 Å². The first-order chi connectivity index (χ1) is 8.71. The van der Waals surface area contributed by atoms with Gasteiger partial charge in [0, 0.05) is 13.2 Å². The highest BCUT2D eigenvalue weighted by molar-refractivity contribution is 5.70. The SMILES string of the molecule is CCOC(=O)CC(NC)c1ccc(COC)cc1. The lowest BCUT2D eigenvalue weighted by atomic mass is 10.0. The maximum Gasteiger partial charge on any atom is 0.307 e. The molecule has 1 aromatic carbocycles. The number of hydrogen-bond donors (Lipinski definition) is 1. The molecule has 18 heavy (non-hydrogen) atoms. The number of hydrogen-bond acceptors (Lipinski definition) is 4. The third-order valence-corrected chi connectivity index (χ3v) is 2.72. The molecule has 1 aromatic rings. The minimum atomic E-state index is -0.183. The second-order valence-electron chi connectivity index (χ2n) is 4.03. The molecule has 0 saturated carbocycles. The summed E-state index contributed by atoms with van der Waals surface area (Å²) in [5.74, 6) is -0.183. The summed E-state index contributed by atoms with van der Waals surface area (Å²) in [5, 5.41) is 3.13. The molecule has 0 aliphatic rings. The Bertz CT molecular complexity index is 362. The summed E-state index contributed by atoms with van der Waals surface area (Å²) in [7, 11) is 3.51. The average molecular weight is 251 g/mol. The van der Waals surface area contributed by atoms with Crippen LogP contribution in [0, 0.1) is 0 Å². The van der Waals surface area contributed by atoms with Crippen molar-refractivity contribution >= 4 is 5.97 Å². The number of ether oxygens (including phenoxy) is 2. The standard InChI is InChI=1S/C14H21NO3/c1-4-18-14(16)9-13(15-2)12-7-5-11(6-8-12)10-17-3/h5-8,13,15H,4,9-10H2,1-3H3. The van der Waals surface area contributed by atoms with Gasteiger partial charge in [0.05, 0.1) is 19.6 Å². The van der Waals surface area contributed by atoms with Crippen molar-refractivity contribution in [3.8, 4) is 0 Å². The van der Waals surface area contributed by atoms with Crippen molar-refractivity contribution in [2.45, 2.75) is 26.0 Å². The van der Waals surface area contributed by atoms with Gasteiger partial charge in [-0.2, -0.15) is 0 Å². The van der Waals surface area contributed by atoms with Crippen molar-refractivity contribution in [1.82, 2.24) is 5.32 Å². The summed E-state index contributed by atoms with van der Waals surface area (Å²) in [6.07, 6.45) is 0.341. The number of methoxy groups -OCH3 is 1. The molecular weight excluding hydrogens is 230 g/mol. The molecular formula is C14H21NO3. The van der Waals surface area contributed by atoms with Gasteiger partial charge in [0.1, 0.15) is 0 Å². The van der Waals surface area contributed by atoms with Crippen molar-refractivity contribution < 1.29 is 14.3 Å². The first-order valence-electron chi connectivity index (χ1n) is 6.12. The zero-order valence-electron chi connectivity index (χ0n) is 11.2. The van der Waals surface area contributed by atoms with E-state index in [1.165, 1.54) is 0 Å². The van der Waals surface area contributed by atoms with Crippen molar-refractivity contribution in [3.63, 3.8) is 0 Å². The first-order valence-corrected chi connectivity index (χ1v) is 6.12. The maximum atomic E-state index is 11.5. The van der Waals surface area contributed by atoms with Crippen LogP contribution < -0.4 is 5.32 Å². The van der Waals surface area contributed by atoms with Crippen molar-refractivity contribution in [3.05, 3.63) is 35.4 Å². The van der Waals surface area contributed by atoms with Crippen LogP contribution in [0.1, 0.15) is 30.5 Å². The first kappa shape index (κ1) is 14.7.